The van der Waals surface area contributed by atoms with Crippen molar-refractivity contribution in [3.8, 4) is 11.8 Å². The fourth-order valence-electron chi connectivity index (χ4n) is 1.67. The highest BCUT2D eigenvalue weighted by atomic mass is 19.1. The molecule has 1 aromatic carbocycles. The summed E-state index contributed by atoms with van der Waals surface area (Å²) in [4.78, 5) is 0. The molecule has 0 bridgehead atoms. The molecule has 2 nitrogen and oxygen atoms in total. The van der Waals surface area contributed by atoms with Crippen molar-refractivity contribution < 1.29 is 13.5 Å². The van der Waals surface area contributed by atoms with Gasteiger partial charge in [-0.3, -0.25) is 0 Å². The van der Waals surface area contributed by atoms with Crippen molar-refractivity contribution in [3.63, 3.8) is 0 Å². The van der Waals surface area contributed by atoms with Crippen molar-refractivity contribution in [2.24, 2.45) is 5.92 Å². The minimum atomic E-state index is -0.586. The smallest absolute Gasteiger partial charge is 0.165 e. The zero-order chi connectivity index (χ0) is 11.0. The third kappa shape index (κ3) is 1.65. The molecule has 1 aliphatic carbocycles. The molecule has 0 spiro atoms. The van der Waals surface area contributed by atoms with E-state index in [0.29, 0.717) is 6.42 Å². The monoisotopic (exact) mass is 209 g/mol. The lowest BCUT2D eigenvalue weighted by Gasteiger charge is -2.05. The standard InChI is InChI=1S/C11H9F2NO/c1-15-11-4-9(12)8(3-10(11)13)7-2-6(7)5-14/h3-4,6-7H,2H2,1H3. The zero-order valence-electron chi connectivity index (χ0n) is 8.13. The average Bonchev–Trinajstić information content (AvgIpc) is 3.00. The maximum Gasteiger partial charge on any atom is 0.165 e. The first-order valence-corrected chi connectivity index (χ1v) is 4.60. The lowest BCUT2D eigenvalue weighted by molar-refractivity contribution is 0.381. The van der Waals surface area contributed by atoms with Gasteiger partial charge in [-0.25, -0.2) is 8.78 Å². The molecule has 0 saturated heterocycles. The Morgan fingerprint density at radius 1 is 1.40 bits per heavy atom. The number of ether oxygens (including phenoxy) is 1. The highest BCUT2D eigenvalue weighted by molar-refractivity contribution is 5.36. The summed E-state index contributed by atoms with van der Waals surface area (Å²) in [6, 6.07) is 4.19. The van der Waals surface area contributed by atoms with E-state index in [2.05, 4.69) is 4.74 Å². The predicted molar refractivity (Wildman–Crippen MR) is 49.4 cm³/mol. The Hall–Kier alpha value is -1.63. The Balaban J connectivity index is 2.35. The van der Waals surface area contributed by atoms with Gasteiger partial charge in [0.1, 0.15) is 5.82 Å². The molecule has 2 atom stereocenters. The van der Waals surface area contributed by atoms with Crippen molar-refractivity contribution in [2.75, 3.05) is 7.11 Å². The van der Waals surface area contributed by atoms with Crippen LogP contribution in [0.2, 0.25) is 0 Å². The number of halogens is 2. The molecule has 1 aliphatic rings. The maximum atomic E-state index is 13.5. The SMILES string of the molecule is COc1cc(F)c(C2CC2C#N)cc1F. The van der Waals surface area contributed by atoms with Crippen LogP contribution in [0, 0.1) is 28.9 Å². The second-order valence-electron chi connectivity index (χ2n) is 3.59. The van der Waals surface area contributed by atoms with Crippen LogP contribution < -0.4 is 4.74 Å². The normalized spacial score (nSPS) is 23.3. The number of hydrogen-bond donors (Lipinski definition) is 0. The summed E-state index contributed by atoms with van der Waals surface area (Å²) in [5, 5.41) is 8.61. The molecule has 1 saturated carbocycles. The summed E-state index contributed by atoms with van der Waals surface area (Å²) in [5.41, 5.74) is 0.278. The van der Waals surface area contributed by atoms with Gasteiger partial charge in [-0.05, 0) is 18.1 Å². The number of nitrogens with zero attached hydrogens (tertiary/aromatic N) is 1. The molecule has 2 rings (SSSR count). The molecule has 0 radical (unpaired) electrons. The summed E-state index contributed by atoms with van der Waals surface area (Å²) in [6.45, 7) is 0. The summed E-state index contributed by atoms with van der Waals surface area (Å²) in [5.74, 6) is -1.53. The Morgan fingerprint density at radius 2 is 2.13 bits per heavy atom. The van der Waals surface area contributed by atoms with Crippen LogP contribution in [-0.4, -0.2) is 7.11 Å². The Morgan fingerprint density at radius 3 is 2.67 bits per heavy atom. The molecule has 0 amide bonds. The molecule has 4 heteroatoms. The number of rotatable bonds is 2. The maximum absolute atomic E-state index is 13.5. The van der Waals surface area contributed by atoms with Crippen LogP contribution >= 0.6 is 0 Å². The van der Waals surface area contributed by atoms with Crippen LogP contribution in [0.15, 0.2) is 12.1 Å². The van der Waals surface area contributed by atoms with Gasteiger partial charge in [-0.15, -0.1) is 0 Å². The van der Waals surface area contributed by atoms with Crippen LogP contribution in [-0.2, 0) is 0 Å². The van der Waals surface area contributed by atoms with Gasteiger partial charge in [0.15, 0.2) is 11.6 Å². The highest BCUT2D eigenvalue weighted by Crippen LogP contribution is 2.48. The van der Waals surface area contributed by atoms with Gasteiger partial charge in [-0.1, -0.05) is 0 Å². The largest absolute Gasteiger partial charge is 0.494 e. The molecular weight excluding hydrogens is 200 g/mol. The minimum Gasteiger partial charge on any atom is -0.494 e. The van der Waals surface area contributed by atoms with E-state index in [9.17, 15) is 8.78 Å². The van der Waals surface area contributed by atoms with E-state index in [4.69, 9.17) is 5.26 Å². The number of benzene rings is 1. The second kappa shape index (κ2) is 3.50. The third-order valence-electron chi connectivity index (χ3n) is 2.63. The zero-order valence-corrected chi connectivity index (χ0v) is 8.13. The molecule has 0 aromatic heterocycles. The first kappa shape index (κ1) is 9.91. The summed E-state index contributed by atoms with van der Waals surface area (Å²) in [6.07, 6.45) is 0.610. The van der Waals surface area contributed by atoms with Crippen molar-refractivity contribution in [2.45, 2.75) is 12.3 Å². The van der Waals surface area contributed by atoms with Gasteiger partial charge in [0, 0.05) is 12.0 Å². The summed E-state index contributed by atoms with van der Waals surface area (Å²) in [7, 11) is 1.28. The Bertz CT molecular complexity index is 439. The van der Waals surface area contributed by atoms with Gasteiger partial charge in [-0.2, -0.15) is 5.26 Å². The second-order valence-corrected chi connectivity index (χ2v) is 3.59. The van der Waals surface area contributed by atoms with E-state index >= 15 is 0 Å². The lowest BCUT2D eigenvalue weighted by Crippen LogP contribution is -1.95. The van der Waals surface area contributed by atoms with Crippen LogP contribution in [0.25, 0.3) is 0 Å². The van der Waals surface area contributed by atoms with Crippen molar-refractivity contribution >= 4 is 0 Å². The molecule has 2 unspecified atom stereocenters. The molecule has 0 N–H and O–H groups in total. The predicted octanol–water partition coefficient (Wildman–Crippen LogP) is 2.60. The molecule has 0 aliphatic heterocycles. The molecule has 15 heavy (non-hydrogen) atoms. The topological polar surface area (TPSA) is 33.0 Å². The fraction of sp³-hybridized carbons (Fsp3) is 0.364. The van der Waals surface area contributed by atoms with E-state index in [1.165, 1.54) is 7.11 Å². The van der Waals surface area contributed by atoms with E-state index in [1.807, 2.05) is 6.07 Å². The van der Waals surface area contributed by atoms with Crippen molar-refractivity contribution in [3.05, 3.63) is 29.3 Å². The van der Waals surface area contributed by atoms with Crippen LogP contribution in [0.1, 0.15) is 17.9 Å². The minimum absolute atomic E-state index is 0.106. The van der Waals surface area contributed by atoms with E-state index in [0.717, 1.165) is 12.1 Å². The van der Waals surface area contributed by atoms with Crippen molar-refractivity contribution in [1.29, 1.82) is 5.26 Å². The third-order valence-corrected chi connectivity index (χ3v) is 2.63. The van der Waals surface area contributed by atoms with E-state index < -0.39 is 11.6 Å². The van der Waals surface area contributed by atoms with Gasteiger partial charge in [0.2, 0.25) is 0 Å². The fourth-order valence-corrected chi connectivity index (χ4v) is 1.67. The average molecular weight is 209 g/mol. The van der Waals surface area contributed by atoms with Gasteiger partial charge in [0.05, 0.1) is 19.1 Å². The first-order valence-electron chi connectivity index (χ1n) is 4.60. The molecule has 78 valence electrons. The van der Waals surface area contributed by atoms with Gasteiger partial charge in [0.25, 0.3) is 0 Å². The van der Waals surface area contributed by atoms with Crippen LogP contribution in [0.3, 0.4) is 0 Å². The lowest BCUT2D eigenvalue weighted by atomic mass is 10.1. The van der Waals surface area contributed by atoms with Gasteiger partial charge < -0.3 is 4.74 Å². The first-order chi connectivity index (χ1) is 7.17. The Kier molecular flexibility index (Phi) is 2.31. The molecule has 1 aromatic rings. The number of nitriles is 1. The molecule has 1 fully saturated rings. The summed E-state index contributed by atoms with van der Waals surface area (Å²) < 4.78 is 31.4. The quantitative estimate of drug-likeness (QED) is 0.750. The van der Waals surface area contributed by atoms with E-state index in [1.54, 1.807) is 0 Å². The Labute approximate surface area is 86.1 Å². The summed E-state index contributed by atoms with van der Waals surface area (Å²) >= 11 is 0. The molecular formula is C11H9F2NO. The van der Waals surface area contributed by atoms with Crippen LogP contribution in [0.5, 0.6) is 5.75 Å². The number of methoxy groups -OCH3 is 1. The highest BCUT2D eigenvalue weighted by Gasteiger charge is 2.40. The number of hydrogen-bond acceptors (Lipinski definition) is 2. The van der Waals surface area contributed by atoms with Crippen molar-refractivity contribution in [1.82, 2.24) is 0 Å². The van der Waals surface area contributed by atoms with E-state index in [-0.39, 0.29) is 23.1 Å². The molecule has 0 heterocycles. The van der Waals surface area contributed by atoms with Gasteiger partial charge >= 0.3 is 0 Å². The van der Waals surface area contributed by atoms with Crippen LogP contribution in [0.4, 0.5) is 8.78 Å².